The van der Waals surface area contributed by atoms with Gasteiger partial charge in [0.2, 0.25) is 0 Å². The van der Waals surface area contributed by atoms with Crippen molar-refractivity contribution in [3.63, 3.8) is 0 Å². The highest BCUT2D eigenvalue weighted by Crippen LogP contribution is 2.27. The van der Waals surface area contributed by atoms with Crippen LogP contribution in [0.4, 0.5) is 0 Å². The molecule has 142 valence electrons. The minimum Gasteiger partial charge on any atom is -0.493 e. The Labute approximate surface area is 157 Å². The van der Waals surface area contributed by atoms with Crippen molar-refractivity contribution in [2.45, 2.75) is 33.1 Å². The van der Waals surface area contributed by atoms with Gasteiger partial charge in [0.15, 0.2) is 11.5 Å². The Morgan fingerprint density at radius 3 is 2.84 bits per heavy atom. The Bertz CT molecular complexity index is 538. The largest absolute Gasteiger partial charge is 0.493 e. The third-order valence-corrected chi connectivity index (χ3v) is 4.32. The maximum Gasteiger partial charge on any atom is 0.310 e. The number of piperidine rings is 1. The molecular weight excluding hydrogens is 342 g/mol. The van der Waals surface area contributed by atoms with Gasteiger partial charge in [-0.15, -0.1) is 12.4 Å². The van der Waals surface area contributed by atoms with Gasteiger partial charge >= 0.3 is 5.97 Å². The number of rotatable bonds is 8. The summed E-state index contributed by atoms with van der Waals surface area (Å²) in [6.45, 7) is 7.76. The molecule has 6 heteroatoms. The summed E-state index contributed by atoms with van der Waals surface area (Å²) in [5.41, 5.74) is 1.15. The smallest absolute Gasteiger partial charge is 0.310 e. The lowest BCUT2D eigenvalue weighted by molar-refractivity contribution is -0.149. The van der Waals surface area contributed by atoms with Crippen LogP contribution in [0.25, 0.3) is 0 Å². The molecule has 0 aromatic heterocycles. The van der Waals surface area contributed by atoms with Crippen molar-refractivity contribution < 1.29 is 19.0 Å². The van der Waals surface area contributed by atoms with Crippen LogP contribution in [-0.2, 0) is 9.53 Å². The number of carbonyl (C=O) groups is 1. The summed E-state index contributed by atoms with van der Waals surface area (Å²) in [7, 11) is 1.66. The molecule has 0 bridgehead atoms. The van der Waals surface area contributed by atoms with Crippen LogP contribution in [0.3, 0.4) is 0 Å². The molecule has 0 spiro atoms. The summed E-state index contributed by atoms with van der Waals surface area (Å²) in [4.78, 5) is 14.2. The zero-order valence-corrected chi connectivity index (χ0v) is 16.3. The molecule has 1 aromatic rings. The molecular formula is C19H30ClNO4. The average molecular weight is 372 g/mol. The maximum atomic E-state index is 11.9. The first kappa shape index (κ1) is 21.6. The molecule has 1 saturated heterocycles. The SMILES string of the molecule is CCOC(=O)C1CCCN(CCCOc2ccc(C)cc2OC)C1.Cl. The van der Waals surface area contributed by atoms with Gasteiger partial charge in [0.1, 0.15) is 0 Å². The zero-order valence-electron chi connectivity index (χ0n) is 15.5. The van der Waals surface area contributed by atoms with Crippen LogP contribution in [0.1, 0.15) is 31.7 Å². The first-order valence-corrected chi connectivity index (χ1v) is 8.80. The van der Waals surface area contributed by atoms with E-state index >= 15 is 0 Å². The normalized spacial score (nSPS) is 17.5. The number of halogens is 1. The van der Waals surface area contributed by atoms with E-state index in [1.165, 1.54) is 0 Å². The molecule has 0 amide bonds. The van der Waals surface area contributed by atoms with Gasteiger partial charge in [-0.2, -0.15) is 0 Å². The molecule has 2 rings (SSSR count). The predicted molar refractivity (Wildman–Crippen MR) is 101 cm³/mol. The van der Waals surface area contributed by atoms with Crippen molar-refractivity contribution in [1.29, 1.82) is 0 Å². The number of aryl methyl sites for hydroxylation is 1. The Kier molecular flexibility index (Phi) is 9.68. The fourth-order valence-electron chi connectivity index (χ4n) is 3.08. The Morgan fingerprint density at radius 1 is 1.32 bits per heavy atom. The van der Waals surface area contributed by atoms with E-state index in [0.29, 0.717) is 13.2 Å². The van der Waals surface area contributed by atoms with Crippen molar-refractivity contribution in [3.8, 4) is 11.5 Å². The minimum absolute atomic E-state index is 0. The molecule has 25 heavy (non-hydrogen) atoms. The lowest BCUT2D eigenvalue weighted by Crippen LogP contribution is -2.40. The number of benzene rings is 1. The summed E-state index contributed by atoms with van der Waals surface area (Å²) in [5, 5.41) is 0. The third-order valence-electron chi connectivity index (χ3n) is 4.32. The highest BCUT2D eigenvalue weighted by atomic mass is 35.5. The van der Waals surface area contributed by atoms with E-state index in [-0.39, 0.29) is 24.3 Å². The number of hydrogen-bond acceptors (Lipinski definition) is 5. The van der Waals surface area contributed by atoms with Crippen molar-refractivity contribution >= 4 is 18.4 Å². The van der Waals surface area contributed by atoms with Gasteiger partial charge in [-0.05, 0) is 57.4 Å². The van der Waals surface area contributed by atoms with Crippen LogP contribution in [0.2, 0.25) is 0 Å². The van der Waals surface area contributed by atoms with Crippen molar-refractivity contribution in [2.24, 2.45) is 5.92 Å². The summed E-state index contributed by atoms with van der Waals surface area (Å²) in [6.07, 6.45) is 2.91. The minimum atomic E-state index is -0.0529. The number of likely N-dealkylation sites (tertiary alicyclic amines) is 1. The highest BCUT2D eigenvalue weighted by Gasteiger charge is 2.26. The molecule has 1 heterocycles. The molecule has 1 unspecified atom stereocenters. The Hall–Kier alpha value is -1.46. The first-order valence-electron chi connectivity index (χ1n) is 8.80. The third kappa shape index (κ3) is 6.75. The second-order valence-electron chi connectivity index (χ2n) is 6.25. The van der Waals surface area contributed by atoms with Crippen LogP contribution in [0.15, 0.2) is 18.2 Å². The van der Waals surface area contributed by atoms with Crippen LogP contribution in [0.5, 0.6) is 11.5 Å². The van der Waals surface area contributed by atoms with Gasteiger partial charge in [0.05, 0.1) is 26.2 Å². The van der Waals surface area contributed by atoms with Gasteiger partial charge in [-0.3, -0.25) is 4.79 Å². The van der Waals surface area contributed by atoms with Crippen molar-refractivity contribution in [2.75, 3.05) is 40.0 Å². The monoisotopic (exact) mass is 371 g/mol. The summed E-state index contributed by atoms with van der Waals surface area (Å²) in [6, 6.07) is 5.95. The molecule has 1 aromatic carbocycles. The molecule has 5 nitrogen and oxygen atoms in total. The highest BCUT2D eigenvalue weighted by molar-refractivity contribution is 5.85. The molecule has 1 fully saturated rings. The van der Waals surface area contributed by atoms with E-state index in [4.69, 9.17) is 14.2 Å². The number of ether oxygens (including phenoxy) is 3. The van der Waals surface area contributed by atoms with Crippen LogP contribution in [0, 0.1) is 12.8 Å². The molecule has 0 aliphatic carbocycles. The van der Waals surface area contributed by atoms with Crippen LogP contribution >= 0.6 is 12.4 Å². The van der Waals surface area contributed by atoms with Crippen LogP contribution in [-0.4, -0.2) is 50.8 Å². The Balaban J connectivity index is 0.00000312. The van der Waals surface area contributed by atoms with E-state index in [2.05, 4.69) is 4.90 Å². The molecule has 0 N–H and O–H groups in total. The van der Waals surface area contributed by atoms with E-state index in [9.17, 15) is 4.79 Å². The number of carbonyl (C=O) groups excluding carboxylic acids is 1. The zero-order chi connectivity index (χ0) is 17.4. The summed E-state index contributed by atoms with van der Waals surface area (Å²) < 4.78 is 16.3. The van der Waals surface area contributed by atoms with E-state index in [1.807, 2.05) is 32.0 Å². The number of hydrogen-bond donors (Lipinski definition) is 0. The van der Waals surface area contributed by atoms with Gasteiger partial charge in [-0.25, -0.2) is 0 Å². The number of esters is 1. The lowest BCUT2D eigenvalue weighted by Gasteiger charge is -2.31. The van der Waals surface area contributed by atoms with E-state index < -0.39 is 0 Å². The number of nitrogens with zero attached hydrogens (tertiary/aromatic N) is 1. The van der Waals surface area contributed by atoms with Gasteiger partial charge in [0.25, 0.3) is 0 Å². The fraction of sp³-hybridized carbons (Fsp3) is 0.632. The molecule has 0 saturated carbocycles. The second-order valence-corrected chi connectivity index (χ2v) is 6.25. The standard InChI is InChI=1S/C19H29NO4.ClH/c1-4-23-19(21)16-7-5-10-20(14-16)11-6-12-24-17-9-8-15(2)13-18(17)22-3;/h8-9,13,16H,4-7,10-12,14H2,1-3H3;1H. The summed E-state index contributed by atoms with van der Waals surface area (Å²) in [5.74, 6) is 1.53. The summed E-state index contributed by atoms with van der Waals surface area (Å²) >= 11 is 0. The van der Waals surface area contributed by atoms with Crippen molar-refractivity contribution in [3.05, 3.63) is 23.8 Å². The predicted octanol–water partition coefficient (Wildman–Crippen LogP) is 3.47. The maximum absolute atomic E-state index is 11.9. The quantitative estimate of drug-likeness (QED) is 0.517. The van der Waals surface area contributed by atoms with Gasteiger partial charge < -0.3 is 19.1 Å². The molecule has 0 radical (unpaired) electrons. The molecule has 1 aliphatic rings. The van der Waals surface area contributed by atoms with E-state index in [1.54, 1.807) is 7.11 Å². The average Bonchev–Trinajstić information content (AvgIpc) is 2.60. The second kappa shape index (κ2) is 11.2. The first-order chi connectivity index (χ1) is 11.6. The number of methoxy groups -OCH3 is 1. The van der Waals surface area contributed by atoms with E-state index in [0.717, 1.165) is 56.0 Å². The molecule has 1 atom stereocenters. The Morgan fingerprint density at radius 2 is 2.12 bits per heavy atom. The van der Waals surface area contributed by atoms with Gasteiger partial charge in [-0.1, -0.05) is 6.07 Å². The van der Waals surface area contributed by atoms with Gasteiger partial charge in [0, 0.05) is 13.1 Å². The lowest BCUT2D eigenvalue weighted by atomic mass is 9.98. The fourth-order valence-corrected chi connectivity index (χ4v) is 3.08. The molecule has 1 aliphatic heterocycles. The van der Waals surface area contributed by atoms with Crippen LogP contribution < -0.4 is 9.47 Å². The van der Waals surface area contributed by atoms with Crippen molar-refractivity contribution in [1.82, 2.24) is 4.90 Å². The topological polar surface area (TPSA) is 48.0 Å².